The smallest absolute Gasteiger partial charge is 0.393 e. The van der Waals surface area contributed by atoms with Gasteiger partial charge < -0.3 is 4.74 Å². The topological polar surface area (TPSA) is 42.4 Å². The van der Waals surface area contributed by atoms with E-state index in [2.05, 4.69) is 4.98 Å². The molecule has 0 spiro atoms. The first kappa shape index (κ1) is 16.2. The maximum Gasteiger partial charge on any atom is 0.393 e. The Bertz CT molecular complexity index is 490. The number of carbonyl (C=O) groups excluding carboxylic acids is 1. The van der Waals surface area contributed by atoms with Gasteiger partial charge in [0.15, 0.2) is 5.69 Å². The molecule has 4 nitrogen and oxygen atoms in total. The van der Waals surface area contributed by atoms with Gasteiger partial charge in [-0.05, 0) is 26.3 Å². The van der Waals surface area contributed by atoms with Gasteiger partial charge >= 0.3 is 12.1 Å². The van der Waals surface area contributed by atoms with Crippen LogP contribution in [0, 0.1) is 5.92 Å². The van der Waals surface area contributed by atoms with Crippen LogP contribution in [0.2, 0.25) is 0 Å². The van der Waals surface area contributed by atoms with E-state index >= 15 is 0 Å². The van der Waals surface area contributed by atoms with Crippen molar-refractivity contribution in [3.8, 4) is 0 Å². The Balaban J connectivity index is 1.94. The van der Waals surface area contributed by atoms with Crippen LogP contribution in [-0.4, -0.2) is 41.7 Å². The quantitative estimate of drug-likeness (QED) is 0.799. The standard InChI is InChI=1S/C13H17F3N2O2S/c1-2-20-12(19)10-8-21-11(17-10)7-18-5-3-4-9(6-18)13(14,15)16/h8-9H,2-7H2,1H3/t9-/m0/s1. The third-order valence-corrected chi connectivity index (χ3v) is 4.20. The van der Waals surface area contributed by atoms with E-state index in [1.165, 1.54) is 11.3 Å². The first-order valence-electron chi connectivity index (χ1n) is 6.80. The maximum absolute atomic E-state index is 12.7. The van der Waals surface area contributed by atoms with E-state index in [4.69, 9.17) is 4.74 Å². The van der Waals surface area contributed by atoms with Crippen LogP contribution in [0.5, 0.6) is 0 Å². The highest BCUT2D eigenvalue weighted by Gasteiger charge is 2.41. The Morgan fingerprint density at radius 2 is 2.33 bits per heavy atom. The zero-order chi connectivity index (χ0) is 15.5. The van der Waals surface area contributed by atoms with Gasteiger partial charge in [-0.15, -0.1) is 11.3 Å². The van der Waals surface area contributed by atoms with Crippen molar-refractivity contribution >= 4 is 17.3 Å². The van der Waals surface area contributed by atoms with Crippen molar-refractivity contribution in [1.29, 1.82) is 0 Å². The molecule has 0 aromatic carbocycles. The fourth-order valence-corrected chi connectivity index (χ4v) is 3.14. The molecule has 1 atom stereocenters. The predicted molar refractivity (Wildman–Crippen MR) is 72.1 cm³/mol. The predicted octanol–water partition coefficient (Wildman–Crippen LogP) is 3.09. The van der Waals surface area contributed by atoms with Gasteiger partial charge in [0.25, 0.3) is 0 Å². The Kier molecular flexibility index (Phi) is 5.21. The molecule has 0 bridgehead atoms. The number of halogens is 3. The van der Waals surface area contributed by atoms with Gasteiger partial charge in [-0.3, -0.25) is 4.90 Å². The van der Waals surface area contributed by atoms with Gasteiger partial charge in [0.05, 0.1) is 19.1 Å². The number of esters is 1. The summed E-state index contributed by atoms with van der Waals surface area (Å²) >= 11 is 1.27. The molecule has 0 aliphatic carbocycles. The molecular weight excluding hydrogens is 305 g/mol. The summed E-state index contributed by atoms with van der Waals surface area (Å²) < 4.78 is 43.1. The number of hydrogen-bond acceptors (Lipinski definition) is 5. The molecule has 118 valence electrons. The average molecular weight is 322 g/mol. The van der Waals surface area contributed by atoms with Crippen molar-refractivity contribution in [3.63, 3.8) is 0 Å². The minimum absolute atomic E-state index is 0.00216. The molecule has 1 aliphatic rings. The van der Waals surface area contributed by atoms with Gasteiger partial charge in [0.2, 0.25) is 0 Å². The number of hydrogen-bond donors (Lipinski definition) is 0. The van der Waals surface area contributed by atoms with Crippen molar-refractivity contribution in [3.05, 3.63) is 16.1 Å². The van der Waals surface area contributed by atoms with E-state index in [1.807, 2.05) is 0 Å². The fourth-order valence-electron chi connectivity index (χ4n) is 2.34. The van der Waals surface area contributed by atoms with Crippen molar-refractivity contribution in [2.24, 2.45) is 5.92 Å². The third kappa shape index (κ3) is 4.41. The number of carbonyl (C=O) groups is 1. The van der Waals surface area contributed by atoms with E-state index in [0.29, 0.717) is 24.5 Å². The van der Waals surface area contributed by atoms with Crippen molar-refractivity contribution in [1.82, 2.24) is 9.88 Å². The lowest BCUT2D eigenvalue weighted by atomic mass is 9.98. The summed E-state index contributed by atoms with van der Waals surface area (Å²) in [5.41, 5.74) is 0.223. The average Bonchev–Trinajstić information content (AvgIpc) is 2.87. The second-order valence-corrected chi connectivity index (χ2v) is 5.91. The minimum Gasteiger partial charge on any atom is -0.461 e. The minimum atomic E-state index is -4.14. The van der Waals surface area contributed by atoms with Gasteiger partial charge in [-0.2, -0.15) is 13.2 Å². The largest absolute Gasteiger partial charge is 0.461 e. The number of nitrogens with zero attached hydrogens (tertiary/aromatic N) is 2. The SMILES string of the molecule is CCOC(=O)c1csc(CN2CCC[C@H](C(F)(F)F)C2)n1. The number of ether oxygens (including phenoxy) is 1. The molecule has 0 amide bonds. The van der Waals surface area contributed by atoms with Crippen LogP contribution < -0.4 is 0 Å². The van der Waals surface area contributed by atoms with Gasteiger partial charge in [0.1, 0.15) is 5.01 Å². The molecule has 2 heterocycles. The van der Waals surface area contributed by atoms with E-state index in [-0.39, 0.29) is 25.3 Å². The van der Waals surface area contributed by atoms with Crippen LogP contribution >= 0.6 is 11.3 Å². The van der Waals surface area contributed by atoms with Crippen LogP contribution in [-0.2, 0) is 11.3 Å². The van der Waals surface area contributed by atoms with Crippen LogP contribution in [0.4, 0.5) is 13.2 Å². The van der Waals surface area contributed by atoms with Crippen LogP contribution in [0.3, 0.4) is 0 Å². The summed E-state index contributed by atoms with van der Waals surface area (Å²) in [6, 6.07) is 0. The zero-order valence-electron chi connectivity index (χ0n) is 11.7. The second kappa shape index (κ2) is 6.74. The molecule has 1 aromatic rings. The molecule has 1 aromatic heterocycles. The molecule has 21 heavy (non-hydrogen) atoms. The van der Waals surface area contributed by atoms with Gasteiger partial charge in [-0.1, -0.05) is 0 Å². The third-order valence-electron chi connectivity index (χ3n) is 3.36. The summed E-state index contributed by atoms with van der Waals surface area (Å²) in [7, 11) is 0. The first-order chi connectivity index (χ1) is 9.90. The van der Waals surface area contributed by atoms with E-state index < -0.39 is 18.1 Å². The van der Waals surface area contributed by atoms with Crippen molar-refractivity contribution in [2.75, 3.05) is 19.7 Å². The monoisotopic (exact) mass is 322 g/mol. The van der Waals surface area contributed by atoms with Gasteiger partial charge in [0, 0.05) is 11.9 Å². The molecule has 1 saturated heterocycles. The number of thiazole rings is 1. The summed E-state index contributed by atoms with van der Waals surface area (Å²) in [5.74, 6) is -1.76. The van der Waals surface area contributed by atoms with E-state index in [0.717, 1.165) is 0 Å². The molecule has 0 saturated carbocycles. The zero-order valence-corrected chi connectivity index (χ0v) is 12.5. The molecule has 1 fully saturated rings. The Hall–Kier alpha value is -1.15. The van der Waals surface area contributed by atoms with Crippen molar-refractivity contribution in [2.45, 2.75) is 32.5 Å². The highest BCUT2D eigenvalue weighted by atomic mass is 32.1. The van der Waals surface area contributed by atoms with Gasteiger partial charge in [-0.25, -0.2) is 9.78 Å². The molecule has 0 radical (unpaired) electrons. The summed E-state index contributed by atoms with van der Waals surface area (Å²) in [6.07, 6.45) is -3.43. The molecule has 8 heteroatoms. The highest BCUT2D eigenvalue weighted by Crippen LogP contribution is 2.33. The molecule has 2 rings (SSSR count). The normalized spacial score (nSPS) is 20.5. The van der Waals surface area contributed by atoms with Crippen LogP contribution in [0.15, 0.2) is 5.38 Å². The highest BCUT2D eigenvalue weighted by molar-refractivity contribution is 7.09. The van der Waals surface area contributed by atoms with Crippen molar-refractivity contribution < 1.29 is 22.7 Å². The summed E-state index contributed by atoms with van der Waals surface area (Å²) in [5, 5.41) is 2.22. The van der Waals surface area contributed by atoms with E-state index in [1.54, 1.807) is 17.2 Å². The number of rotatable bonds is 4. The van der Waals surface area contributed by atoms with Crippen LogP contribution in [0.1, 0.15) is 35.3 Å². The number of likely N-dealkylation sites (tertiary alicyclic amines) is 1. The molecular formula is C13H17F3N2O2S. The molecule has 0 N–H and O–H groups in total. The Labute approximate surface area is 124 Å². The number of piperidine rings is 1. The lowest BCUT2D eigenvalue weighted by Crippen LogP contribution is -2.41. The number of alkyl halides is 3. The second-order valence-electron chi connectivity index (χ2n) is 4.96. The summed E-state index contributed by atoms with van der Waals surface area (Å²) in [4.78, 5) is 17.4. The molecule has 1 aliphatic heterocycles. The lowest BCUT2D eigenvalue weighted by Gasteiger charge is -2.33. The summed E-state index contributed by atoms with van der Waals surface area (Å²) in [6.45, 7) is 2.94. The lowest BCUT2D eigenvalue weighted by molar-refractivity contribution is -0.187. The Morgan fingerprint density at radius 3 is 3.00 bits per heavy atom. The number of aromatic nitrogens is 1. The fraction of sp³-hybridized carbons (Fsp3) is 0.692. The first-order valence-corrected chi connectivity index (χ1v) is 7.68. The Morgan fingerprint density at radius 1 is 1.57 bits per heavy atom. The maximum atomic E-state index is 12.7. The van der Waals surface area contributed by atoms with Crippen LogP contribution in [0.25, 0.3) is 0 Å². The molecule has 0 unspecified atom stereocenters. The van der Waals surface area contributed by atoms with E-state index in [9.17, 15) is 18.0 Å².